The van der Waals surface area contributed by atoms with Crippen LogP contribution < -0.4 is 11.1 Å². The molecule has 19 heavy (non-hydrogen) atoms. The van der Waals surface area contributed by atoms with Gasteiger partial charge in [-0.05, 0) is 60.7 Å². The fraction of sp³-hybridized carbons (Fsp3) is 0.412. The van der Waals surface area contributed by atoms with Gasteiger partial charge in [0.1, 0.15) is 0 Å². The van der Waals surface area contributed by atoms with Crippen LogP contribution in [0.25, 0.3) is 10.8 Å². The largest absolute Gasteiger partial charge is 0.324 e. The first-order valence-electron chi connectivity index (χ1n) is 7.22. The van der Waals surface area contributed by atoms with Gasteiger partial charge in [-0.2, -0.15) is 0 Å². The SMILES string of the molecule is Cc1ccc([C@H](N)C2CCNCC2)c2ccccc12. The minimum Gasteiger partial charge on any atom is -0.324 e. The van der Waals surface area contributed by atoms with E-state index >= 15 is 0 Å². The molecule has 1 fully saturated rings. The van der Waals surface area contributed by atoms with Crippen molar-refractivity contribution in [2.75, 3.05) is 13.1 Å². The van der Waals surface area contributed by atoms with E-state index in [2.05, 4.69) is 48.6 Å². The molecule has 0 spiro atoms. The number of nitrogens with one attached hydrogen (secondary N) is 1. The molecule has 1 aliphatic rings. The fourth-order valence-electron chi connectivity index (χ4n) is 3.22. The van der Waals surface area contributed by atoms with E-state index in [4.69, 9.17) is 5.73 Å². The smallest absolute Gasteiger partial charge is 0.0330 e. The summed E-state index contributed by atoms with van der Waals surface area (Å²) in [5, 5.41) is 6.08. The number of rotatable bonds is 2. The molecule has 1 heterocycles. The summed E-state index contributed by atoms with van der Waals surface area (Å²) in [5.74, 6) is 0.604. The zero-order valence-corrected chi connectivity index (χ0v) is 11.5. The maximum atomic E-state index is 6.56. The minimum absolute atomic E-state index is 0.160. The van der Waals surface area contributed by atoms with Crippen LogP contribution in [-0.4, -0.2) is 13.1 Å². The normalized spacial score (nSPS) is 18.6. The first-order valence-corrected chi connectivity index (χ1v) is 7.22. The van der Waals surface area contributed by atoms with Crippen molar-refractivity contribution >= 4 is 10.8 Å². The third-order valence-corrected chi connectivity index (χ3v) is 4.43. The Balaban J connectivity index is 2.02. The van der Waals surface area contributed by atoms with Crippen molar-refractivity contribution in [2.45, 2.75) is 25.8 Å². The second kappa shape index (κ2) is 5.32. The molecule has 0 bridgehead atoms. The molecule has 0 unspecified atom stereocenters. The molecule has 2 aromatic rings. The average molecular weight is 254 g/mol. The Morgan fingerprint density at radius 2 is 1.74 bits per heavy atom. The predicted molar refractivity (Wildman–Crippen MR) is 81.2 cm³/mol. The predicted octanol–water partition coefficient (Wildman–Crippen LogP) is 3.15. The Kier molecular flexibility index (Phi) is 3.54. The van der Waals surface area contributed by atoms with Crippen LogP contribution in [0.3, 0.4) is 0 Å². The molecule has 0 radical (unpaired) electrons. The van der Waals surface area contributed by atoms with Crippen LogP contribution in [0.15, 0.2) is 36.4 Å². The highest BCUT2D eigenvalue weighted by molar-refractivity contribution is 5.88. The lowest BCUT2D eigenvalue weighted by molar-refractivity contribution is 0.323. The molecule has 2 heteroatoms. The highest BCUT2D eigenvalue weighted by Gasteiger charge is 2.23. The van der Waals surface area contributed by atoms with Gasteiger partial charge < -0.3 is 11.1 Å². The monoisotopic (exact) mass is 254 g/mol. The van der Waals surface area contributed by atoms with E-state index in [0.717, 1.165) is 13.1 Å². The molecule has 0 aromatic heterocycles. The highest BCUT2D eigenvalue weighted by atomic mass is 14.9. The van der Waals surface area contributed by atoms with Gasteiger partial charge in [0.25, 0.3) is 0 Å². The van der Waals surface area contributed by atoms with Gasteiger partial charge >= 0.3 is 0 Å². The van der Waals surface area contributed by atoms with Crippen molar-refractivity contribution < 1.29 is 0 Å². The molecule has 1 atom stereocenters. The molecule has 100 valence electrons. The number of fused-ring (bicyclic) bond motifs is 1. The molecule has 0 amide bonds. The highest BCUT2D eigenvalue weighted by Crippen LogP contribution is 2.32. The summed E-state index contributed by atoms with van der Waals surface area (Å²) >= 11 is 0. The fourth-order valence-corrected chi connectivity index (χ4v) is 3.22. The Hall–Kier alpha value is -1.38. The molecule has 0 saturated carbocycles. The van der Waals surface area contributed by atoms with Crippen LogP contribution >= 0.6 is 0 Å². The van der Waals surface area contributed by atoms with E-state index in [-0.39, 0.29) is 6.04 Å². The van der Waals surface area contributed by atoms with E-state index in [0.29, 0.717) is 5.92 Å². The van der Waals surface area contributed by atoms with E-state index in [1.165, 1.54) is 34.7 Å². The summed E-state index contributed by atoms with van der Waals surface area (Å²) in [4.78, 5) is 0. The Morgan fingerprint density at radius 1 is 1.05 bits per heavy atom. The van der Waals surface area contributed by atoms with Crippen LogP contribution in [0.1, 0.15) is 30.0 Å². The number of aryl methyl sites for hydroxylation is 1. The third-order valence-electron chi connectivity index (χ3n) is 4.43. The summed E-state index contributed by atoms with van der Waals surface area (Å²) in [5.41, 5.74) is 9.20. The summed E-state index contributed by atoms with van der Waals surface area (Å²) in [6, 6.07) is 13.2. The van der Waals surface area contributed by atoms with Crippen LogP contribution in [0.5, 0.6) is 0 Å². The summed E-state index contributed by atoms with van der Waals surface area (Å²) in [7, 11) is 0. The van der Waals surface area contributed by atoms with E-state index in [1.807, 2.05) is 0 Å². The number of benzene rings is 2. The van der Waals surface area contributed by atoms with E-state index < -0.39 is 0 Å². The van der Waals surface area contributed by atoms with Crippen molar-refractivity contribution in [2.24, 2.45) is 11.7 Å². The lowest BCUT2D eigenvalue weighted by Gasteiger charge is -2.29. The second-order valence-corrected chi connectivity index (χ2v) is 5.63. The van der Waals surface area contributed by atoms with Crippen molar-refractivity contribution in [1.29, 1.82) is 0 Å². The van der Waals surface area contributed by atoms with Crippen LogP contribution in [0.4, 0.5) is 0 Å². The van der Waals surface area contributed by atoms with Crippen LogP contribution in [-0.2, 0) is 0 Å². The van der Waals surface area contributed by atoms with Gasteiger partial charge in [-0.15, -0.1) is 0 Å². The lowest BCUT2D eigenvalue weighted by atomic mass is 9.84. The van der Waals surface area contributed by atoms with Gasteiger partial charge in [0.15, 0.2) is 0 Å². The standard InChI is InChI=1S/C17H22N2/c1-12-6-7-16(15-5-3-2-4-14(12)15)17(18)13-8-10-19-11-9-13/h2-7,13,17,19H,8-11,18H2,1H3/t17-/m1/s1. The quantitative estimate of drug-likeness (QED) is 0.864. The van der Waals surface area contributed by atoms with Gasteiger partial charge in [0.2, 0.25) is 0 Å². The third kappa shape index (κ3) is 2.38. The molecular formula is C17H22N2. The number of piperidine rings is 1. The van der Waals surface area contributed by atoms with E-state index in [1.54, 1.807) is 0 Å². The Morgan fingerprint density at radius 3 is 2.47 bits per heavy atom. The van der Waals surface area contributed by atoms with Crippen molar-refractivity contribution in [3.05, 3.63) is 47.5 Å². The Labute approximate surface area is 115 Å². The maximum Gasteiger partial charge on any atom is 0.0330 e. The van der Waals surface area contributed by atoms with Gasteiger partial charge in [0.05, 0.1) is 0 Å². The summed E-state index contributed by atoms with van der Waals surface area (Å²) in [6.45, 7) is 4.37. The van der Waals surface area contributed by atoms with Gasteiger partial charge in [0, 0.05) is 6.04 Å². The van der Waals surface area contributed by atoms with Gasteiger partial charge in [-0.3, -0.25) is 0 Å². The molecular weight excluding hydrogens is 232 g/mol. The zero-order chi connectivity index (χ0) is 13.2. The number of hydrogen-bond donors (Lipinski definition) is 2. The van der Waals surface area contributed by atoms with Gasteiger partial charge in [-0.25, -0.2) is 0 Å². The maximum absolute atomic E-state index is 6.56. The molecule has 3 N–H and O–H groups in total. The zero-order valence-electron chi connectivity index (χ0n) is 11.5. The first kappa shape index (κ1) is 12.6. The van der Waals surface area contributed by atoms with E-state index in [9.17, 15) is 0 Å². The summed E-state index contributed by atoms with van der Waals surface area (Å²) in [6.07, 6.45) is 2.37. The molecule has 2 nitrogen and oxygen atoms in total. The molecule has 1 aliphatic heterocycles. The summed E-state index contributed by atoms with van der Waals surface area (Å²) < 4.78 is 0. The molecule has 3 rings (SSSR count). The van der Waals surface area contributed by atoms with Crippen molar-refractivity contribution in [3.63, 3.8) is 0 Å². The van der Waals surface area contributed by atoms with Crippen molar-refractivity contribution in [1.82, 2.24) is 5.32 Å². The van der Waals surface area contributed by atoms with Gasteiger partial charge in [-0.1, -0.05) is 36.4 Å². The average Bonchev–Trinajstić information content (AvgIpc) is 2.48. The van der Waals surface area contributed by atoms with Crippen LogP contribution in [0.2, 0.25) is 0 Å². The Bertz CT molecular complexity index is 570. The second-order valence-electron chi connectivity index (χ2n) is 5.63. The minimum atomic E-state index is 0.160. The van der Waals surface area contributed by atoms with Crippen molar-refractivity contribution in [3.8, 4) is 0 Å². The lowest BCUT2D eigenvalue weighted by Crippen LogP contribution is -2.33. The van der Waals surface area contributed by atoms with Crippen LogP contribution in [0, 0.1) is 12.8 Å². The number of hydrogen-bond acceptors (Lipinski definition) is 2. The number of nitrogens with two attached hydrogens (primary N) is 1. The molecule has 2 aromatic carbocycles. The molecule has 1 saturated heterocycles. The topological polar surface area (TPSA) is 38.0 Å². The molecule has 0 aliphatic carbocycles. The first-order chi connectivity index (χ1) is 9.27.